The fraction of sp³-hybridized carbons (Fsp3) is 0.375. The first-order valence-electron chi connectivity index (χ1n) is 13.3. The van der Waals surface area contributed by atoms with Crippen LogP contribution in [0.3, 0.4) is 0 Å². The smallest absolute Gasteiger partial charge is 0.167 e. The average molecular weight is 529 g/mol. The third kappa shape index (κ3) is 6.17. The van der Waals surface area contributed by atoms with Crippen molar-refractivity contribution in [3.8, 4) is 22.3 Å². The summed E-state index contributed by atoms with van der Waals surface area (Å²) in [5, 5.41) is 0. The van der Waals surface area contributed by atoms with Crippen LogP contribution in [0.1, 0.15) is 56.6 Å². The van der Waals surface area contributed by atoms with E-state index in [1.54, 1.807) is 6.07 Å². The van der Waals surface area contributed by atoms with E-state index in [1.165, 1.54) is 30.3 Å². The Hall–Kier alpha value is -2.99. The van der Waals surface area contributed by atoms with Gasteiger partial charge in [-0.05, 0) is 68.1 Å². The Morgan fingerprint density at radius 2 is 1.42 bits per heavy atom. The zero-order valence-electron chi connectivity index (χ0n) is 21.6. The third-order valence-electron chi connectivity index (χ3n) is 7.38. The van der Waals surface area contributed by atoms with Gasteiger partial charge >= 0.3 is 0 Å². The monoisotopic (exact) mass is 528 g/mol. The molecule has 0 aliphatic carbocycles. The Morgan fingerprint density at radius 1 is 0.789 bits per heavy atom. The molecule has 0 N–H and O–H groups in total. The van der Waals surface area contributed by atoms with Crippen molar-refractivity contribution in [1.82, 2.24) is 0 Å². The van der Waals surface area contributed by atoms with Gasteiger partial charge in [-0.15, -0.1) is 6.58 Å². The molecule has 1 saturated heterocycles. The van der Waals surface area contributed by atoms with Crippen molar-refractivity contribution in [2.24, 2.45) is 5.92 Å². The molecule has 1 aliphatic heterocycles. The first kappa shape index (κ1) is 28.0. The molecule has 0 spiro atoms. The summed E-state index contributed by atoms with van der Waals surface area (Å²) in [6.07, 6.45) is 8.28. The van der Waals surface area contributed by atoms with Gasteiger partial charge in [-0.3, -0.25) is 0 Å². The number of benzene rings is 3. The normalized spacial score (nSPS) is 17.5. The van der Waals surface area contributed by atoms with E-state index < -0.39 is 34.6 Å². The molecule has 4 rings (SSSR count). The molecule has 3 aromatic carbocycles. The molecular formula is C32H33F5O. The number of rotatable bonds is 10. The Labute approximate surface area is 221 Å². The van der Waals surface area contributed by atoms with Gasteiger partial charge in [0.25, 0.3) is 0 Å². The van der Waals surface area contributed by atoms with Crippen molar-refractivity contribution in [3.63, 3.8) is 0 Å². The number of aryl methyl sites for hydroxylation is 2. The molecule has 1 heterocycles. The molecule has 0 aromatic heterocycles. The Kier molecular flexibility index (Phi) is 9.37. The summed E-state index contributed by atoms with van der Waals surface area (Å²) >= 11 is 0. The largest absolute Gasteiger partial charge is 0.378 e. The minimum atomic E-state index is -1.35. The van der Waals surface area contributed by atoms with Crippen molar-refractivity contribution in [1.29, 1.82) is 0 Å². The molecule has 0 amide bonds. The van der Waals surface area contributed by atoms with E-state index in [4.69, 9.17) is 4.74 Å². The Morgan fingerprint density at radius 3 is 2.03 bits per heavy atom. The summed E-state index contributed by atoms with van der Waals surface area (Å²) < 4.78 is 80.6. The average Bonchev–Trinajstić information content (AvgIpc) is 2.91. The fourth-order valence-electron chi connectivity index (χ4n) is 5.16. The van der Waals surface area contributed by atoms with Crippen LogP contribution < -0.4 is 0 Å². The van der Waals surface area contributed by atoms with Crippen LogP contribution in [0.25, 0.3) is 22.3 Å². The van der Waals surface area contributed by atoms with E-state index in [9.17, 15) is 8.78 Å². The van der Waals surface area contributed by atoms with Crippen molar-refractivity contribution >= 4 is 0 Å². The number of allylic oxidation sites excluding steroid dienone is 1. The van der Waals surface area contributed by atoms with Gasteiger partial charge in [0.1, 0.15) is 5.82 Å². The van der Waals surface area contributed by atoms with E-state index in [0.29, 0.717) is 25.9 Å². The predicted molar refractivity (Wildman–Crippen MR) is 141 cm³/mol. The van der Waals surface area contributed by atoms with Gasteiger partial charge in [-0.1, -0.05) is 55.8 Å². The molecule has 1 nitrogen and oxygen atoms in total. The summed E-state index contributed by atoms with van der Waals surface area (Å²) in [4.78, 5) is 0. The second kappa shape index (κ2) is 12.7. The molecular weight excluding hydrogens is 495 g/mol. The highest BCUT2D eigenvalue weighted by Gasteiger charge is 2.24. The number of hydrogen-bond acceptors (Lipinski definition) is 1. The van der Waals surface area contributed by atoms with Crippen molar-refractivity contribution in [3.05, 3.63) is 95.3 Å². The second-order valence-corrected chi connectivity index (χ2v) is 10.1. The molecule has 1 aliphatic rings. The van der Waals surface area contributed by atoms with Crippen molar-refractivity contribution in [2.75, 3.05) is 6.61 Å². The maximum atomic E-state index is 15.1. The second-order valence-electron chi connectivity index (χ2n) is 10.1. The van der Waals surface area contributed by atoms with Crippen LogP contribution in [0.15, 0.2) is 55.1 Å². The first-order chi connectivity index (χ1) is 18.3. The van der Waals surface area contributed by atoms with Gasteiger partial charge in [-0.25, -0.2) is 22.0 Å². The lowest BCUT2D eigenvalue weighted by Crippen LogP contribution is -2.26. The molecule has 0 bridgehead atoms. The SMILES string of the molecule is C=CCCC1CCC(CCc2ccc(-c3ccc(-c4ccc(CCC)cc4F)c(F)c3F)c(F)c2F)CO1. The first-order valence-corrected chi connectivity index (χ1v) is 13.3. The van der Waals surface area contributed by atoms with Crippen LogP contribution >= 0.6 is 0 Å². The van der Waals surface area contributed by atoms with E-state index in [-0.39, 0.29) is 34.3 Å². The van der Waals surface area contributed by atoms with Gasteiger partial charge < -0.3 is 4.74 Å². The lowest BCUT2D eigenvalue weighted by atomic mass is 9.90. The van der Waals surface area contributed by atoms with Gasteiger partial charge in [0.15, 0.2) is 23.3 Å². The van der Waals surface area contributed by atoms with E-state index in [2.05, 4.69) is 6.58 Å². The summed E-state index contributed by atoms with van der Waals surface area (Å²) in [6, 6.07) is 9.43. The van der Waals surface area contributed by atoms with Crippen LogP contribution in [0, 0.1) is 35.0 Å². The maximum Gasteiger partial charge on any atom is 0.167 e. The van der Waals surface area contributed by atoms with Gasteiger partial charge in [0, 0.05) is 28.9 Å². The number of hydrogen-bond donors (Lipinski definition) is 0. The van der Waals surface area contributed by atoms with Crippen LogP contribution in [-0.2, 0) is 17.6 Å². The van der Waals surface area contributed by atoms with Crippen LogP contribution in [0.5, 0.6) is 0 Å². The molecule has 202 valence electrons. The molecule has 0 radical (unpaired) electrons. The highest BCUT2D eigenvalue weighted by Crippen LogP contribution is 2.35. The molecule has 38 heavy (non-hydrogen) atoms. The topological polar surface area (TPSA) is 9.23 Å². The molecule has 2 unspecified atom stereocenters. The van der Waals surface area contributed by atoms with Crippen molar-refractivity contribution < 1.29 is 26.7 Å². The zero-order chi connectivity index (χ0) is 27.2. The van der Waals surface area contributed by atoms with E-state index >= 15 is 13.2 Å². The maximum absolute atomic E-state index is 15.1. The minimum Gasteiger partial charge on any atom is -0.378 e. The fourth-order valence-corrected chi connectivity index (χ4v) is 5.16. The summed E-state index contributed by atoms with van der Waals surface area (Å²) in [5.41, 5.74) is -0.207. The Balaban J connectivity index is 1.49. The van der Waals surface area contributed by atoms with E-state index in [1.807, 2.05) is 13.0 Å². The number of halogens is 5. The molecule has 0 saturated carbocycles. The summed E-state index contributed by atoms with van der Waals surface area (Å²) in [6.45, 7) is 6.27. The molecule has 1 fully saturated rings. The van der Waals surface area contributed by atoms with E-state index in [0.717, 1.165) is 43.7 Å². The molecule has 2 atom stereocenters. The minimum absolute atomic E-state index is 0.0893. The Bertz CT molecular complexity index is 1280. The predicted octanol–water partition coefficient (Wildman–Crippen LogP) is 9.36. The van der Waals surface area contributed by atoms with Gasteiger partial charge in [0.2, 0.25) is 0 Å². The van der Waals surface area contributed by atoms with Gasteiger partial charge in [0.05, 0.1) is 6.10 Å². The number of ether oxygens (including phenoxy) is 1. The lowest BCUT2D eigenvalue weighted by Gasteiger charge is -2.29. The quantitative estimate of drug-likeness (QED) is 0.188. The molecule has 3 aromatic rings. The van der Waals surface area contributed by atoms with Crippen LogP contribution in [0.4, 0.5) is 22.0 Å². The van der Waals surface area contributed by atoms with Crippen molar-refractivity contribution in [2.45, 2.75) is 64.4 Å². The van der Waals surface area contributed by atoms with Gasteiger partial charge in [-0.2, -0.15) is 0 Å². The highest BCUT2D eigenvalue weighted by molar-refractivity contribution is 5.72. The van der Waals surface area contributed by atoms with Crippen LogP contribution in [0.2, 0.25) is 0 Å². The molecule has 6 heteroatoms. The summed E-state index contributed by atoms with van der Waals surface area (Å²) in [5.74, 6) is -5.36. The lowest BCUT2D eigenvalue weighted by molar-refractivity contribution is -0.0210. The highest BCUT2D eigenvalue weighted by atomic mass is 19.2. The third-order valence-corrected chi connectivity index (χ3v) is 7.38. The zero-order valence-corrected chi connectivity index (χ0v) is 21.6. The summed E-state index contributed by atoms with van der Waals surface area (Å²) in [7, 11) is 0. The van der Waals surface area contributed by atoms with Crippen LogP contribution in [-0.4, -0.2) is 12.7 Å². The standard InChI is InChI=1S/C32H33F5O/c1-3-5-7-23-13-9-21(19-38-23)8-11-22-12-15-26(30(35)29(22)34)27-17-16-25(31(36)32(27)37)24-14-10-20(6-4-2)18-28(24)33/h3,10,12,14-18,21,23H,1,4-9,11,13,19H2,2H3.